The van der Waals surface area contributed by atoms with Gasteiger partial charge in [0.15, 0.2) is 0 Å². The molecular formula is C10H10O. The highest BCUT2D eigenvalue weighted by molar-refractivity contribution is 5.59. The molecule has 0 fully saturated rings. The molecule has 0 unspecified atom stereocenters. The Kier molecular flexibility index (Phi) is 1.42. The van der Waals surface area contributed by atoms with Gasteiger partial charge in [-0.05, 0) is 18.2 Å². The molecule has 1 nitrogen and oxygen atoms in total. The Balaban J connectivity index is 2.59. The molecule has 0 aromatic rings. The standard InChI is InChI=1S/C10H10O/c1-2-9-7-6-8-4-3-5-10(8)11-9/h3-7H,2H2,1H3. The van der Waals surface area contributed by atoms with Crippen molar-refractivity contribution in [1.29, 1.82) is 0 Å². The van der Waals surface area contributed by atoms with E-state index < -0.39 is 0 Å². The summed E-state index contributed by atoms with van der Waals surface area (Å²) in [5, 5.41) is 0. The molecule has 2 rings (SSSR count). The molecule has 2 aliphatic rings. The second-order valence-corrected chi connectivity index (χ2v) is 2.60. The fourth-order valence-corrected chi connectivity index (χ4v) is 1.20. The van der Waals surface area contributed by atoms with Gasteiger partial charge in [-0.1, -0.05) is 19.1 Å². The minimum Gasteiger partial charge on any atom is -0.461 e. The minimum absolute atomic E-state index is 0.959. The quantitative estimate of drug-likeness (QED) is 0.602. The predicted octanol–water partition coefficient (Wildman–Crippen LogP) is 2.95. The van der Waals surface area contributed by atoms with Crippen LogP contribution in [0.25, 0.3) is 11.3 Å². The zero-order valence-corrected chi connectivity index (χ0v) is 6.50. The molecule has 1 heterocycles. The third kappa shape index (κ3) is 1.03. The van der Waals surface area contributed by atoms with E-state index in [1.807, 2.05) is 18.2 Å². The SMILES string of the molecule is CCc1ccc2cccc-2o1. The van der Waals surface area contributed by atoms with Gasteiger partial charge in [-0.3, -0.25) is 0 Å². The molecule has 0 bridgehead atoms. The summed E-state index contributed by atoms with van der Waals surface area (Å²) in [5.74, 6) is 2.04. The Hall–Kier alpha value is -1.24. The van der Waals surface area contributed by atoms with E-state index in [4.69, 9.17) is 4.42 Å². The fraction of sp³-hybridized carbons (Fsp3) is 0.200. The normalized spacial score (nSPS) is 10.6. The molecule has 0 amide bonds. The maximum atomic E-state index is 5.55. The van der Waals surface area contributed by atoms with Gasteiger partial charge in [0.25, 0.3) is 0 Å². The summed E-state index contributed by atoms with van der Waals surface area (Å²) in [7, 11) is 0. The predicted molar refractivity (Wildman–Crippen MR) is 44.7 cm³/mol. The van der Waals surface area contributed by atoms with Crippen molar-refractivity contribution in [3.05, 3.63) is 36.1 Å². The number of aryl methyl sites for hydroxylation is 1. The first-order valence-corrected chi connectivity index (χ1v) is 3.87. The summed E-state index contributed by atoms with van der Waals surface area (Å²) in [5.41, 5.74) is 1.18. The first kappa shape index (κ1) is 6.47. The molecule has 56 valence electrons. The zero-order valence-electron chi connectivity index (χ0n) is 6.50. The van der Waals surface area contributed by atoms with E-state index in [1.54, 1.807) is 0 Å². The van der Waals surface area contributed by atoms with E-state index in [1.165, 1.54) is 5.56 Å². The average molecular weight is 146 g/mol. The van der Waals surface area contributed by atoms with Crippen LogP contribution in [0, 0.1) is 0 Å². The van der Waals surface area contributed by atoms with E-state index in [2.05, 4.69) is 19.1 Å². The Morgan fingerprint density at radius 2 is 2.09 bits per heavy atom. The lowest BCUT2D eigenvalue weighted by atomic mass is 10.2. The van der Waals surface area contributed by atoms with Crippen LogP contribution < -0.4 is 0 Å². The third-order valence-electron chi connectivity index (χ3n) is 1.85. The van der Waals surface area contributed by atoms with Gasteiger partial charge >= 0.3 is 0 Å². The molecule has 0 saturated heterocycles. The number of fused-ring (bicyclic) bond motifs is 1. The second kappa shape index (κ2) is 2.42. The van der Waals surface area contributed by atoms with Gasteiger partial charge in [-0.2, -0.15) is 0 Å². The molecule has 1 aliphatic carbocycles. The van der Waals surface area contributed by atoms with E-state index in [0.29, 0.717) is 0 Å². The molecular weight excluding hydrogens is 136 g/mol. The van der Waals surface area contributed by atoms with E-state index in [0.717, 1.165) is 17.9 Å². The van der Waals surface area contributed by atoms with Crippen molar-refractivity contribution in [2.75, 3.05) is 0 Å². The molecule has 0 aromatic heterocycles. The summed E-state index contributed by atoms with van der Waals surface area (Å²) in [6.45, 7) is 2.09. The van der Waals surface area contributed by atoms with Crippen LogP contribution in [-0.2, 0) is 6.42 Å². The van der Waals surface area contributed by atoms with Gasteiger partial charge in [0.1, 0.15) is 11.5 Å². The molecule has 0 radical (unpaired) electrons. The van der Waals surface area contributed by atoms with Crippen molar-refractivity contribution in [2.24, 2.45) is 0 Å². The van der Waals surface area contributed by atoms with Crippen LogP contribution in [0.15, 0.2) is 34.7 Å². The van der Waals surface area contributed by atoms with Crippen molar-refractivity contribution in [3.8, 4) is 11.3 Å². The Morgan fingerprint density at radius 3 is 2.91 bits per heavy atom. The molecule has 11 heavy (non-hydrogen) atoms. The van der Waals surface area contributed by atoms with Crippen LogP contribution in [0.2, 0.25) is 0 Å². The number of rotatable bonds is 1. The third-order valence-corrected chi connectivity index (χ3v) is 1.85. The smallest absolute Gasteiger partial charge is 0.134 e. The first-order chi connectivity index (χ1) is 5.40. The van der Waals surface area contributed by atoms with Crippen molar-refractivity contribution < 1.29 is 4.42 Å². The maximum Gasteiger partial charge on any atom is 0.134 e. The van der Waals surface area contributed by atoms with Gasteiger partial charge in [-0.15, -0.1) is 0 Å². The molecule has 0 atom stereocenters. The molecule has 0 spiro atoms. The highest BCUT2D eigenvalue weighted by atomic mass is 16.3. The summed E-state index contributed by atoms with van der Waals surface area (Å²) in [6, 6.07) is 10.2. The van der Waals surface area contributed by atoms with E-state index in [9.17, 15) is 0 Å². The molecule has 0 aromatic carbocycles. The van der Waals surface area contributed by atoms with Crippen LogP contribution in [-0.4, -0.2) is 0 Å². The van der Waals surface area contributed by atoms with Crippen molar-refractivity contribution in [3.63, 3.8) is 0 Å². The van der Waals surface area contributed by atoms with Crippen LogP contribution in [0.4, 0.5) is 0 Å². The van der Waals surface area contributed by atoms with Gasteiger partial charge in [0.05, 0.1) is 0 Å². The van der Waals surface area contributed by atoms with Crippen LogP contribution in [0.1, 0.15) is 12.7 Å². The Labute approximate surface area is 66.0 Å². The monoisotopic (exact) mass is 146 g/mol. The number of hydrogen-bond acceptors (Lipinski definition) is 1. The van der Waals surface area contributed by atoms with Crippen LogP contribution in [0.5, 0.6) is 0 Å². The molecule has 0 saturated carbocycles. The largest absolute Gasteiger partial charge is 0.461 e. The molecule has 1 heteroatoms. The lowest BCUT2D eigenvalue weighted by Crippen LogP contribution is -1.80. The van der Waals surface area contributed by atoms with Crippen molar-refractivity contribution in [2.45, 2.75) is 13.3 Å². The second-order valence-electron chi connectivity index (χ2n) is 2.60. The highest BCUT2D eigenvalue weighted by Gasteiger charge is 2.03. The van der Waals surface area contributed by atoms with Gasteiger partial charge < -0.3 is 4.42 Å². The summed E-state index contributed by atoms with van der Waals surface area (Å²) >= 11 is 0. The fourth-order valence-electron chi connectivity index (χ4n) is 1.20. The average Bonchev–Trinajstić information content (AvgIpc) is 2.50. The summed E-state index contributed by atoms with van der Waals surface area (Å²) in [6.07, 6.45) is 0.959. The topological polar surface area (TPSA) is 13.1 Å². The van der Waals surface area contributed by atoms with Gasteiger partial charge in [-0.25, -0.2) is 0 Å². The van der Waals surface area contributed by atoms with Gasteiger partial charge in [0.2, 0.25) is 0 Å². The number of hydrogen-bond donors (Lipinski definition) is 0. The zero-order chi connectivity index (χ0) is 7.68. The Morgan fingerprint density at radius 1 is 1.18 bits per heavy atom. The van der Waals surface area contributed by atoms with Gasteiger partial charge in [0, 0.05) is 12.0 Å². The minimum atomic E-state index is 0.959. The summed E-state index contributed by atoms with van der Waals surface area (Å²) in [4.78, 5) is 0. The Bertz CT molecular complexity index is 322. The van der Waals surface area contributed by atoms with E-state index >= 15 is 0 Å². The van der Waals surface area contributed by atoms with E-state index in [-0.39, 0.29) is 0 Å². The first-order valence-electron chi connectivity index (χ1n) is 3.87. The van der Waals surface area contributed by atoms with Crippen LogP contribution >= 0.6 is 0 Å². The maximum absolute atomic E-state index is 5.55. The van der Waals surface area contributed by atoms with Crippen molar-refractivity contribution in [1.82, 2.24) is 0 Å². The lowest BCUT2D eigenvalue weighted by Gasteiger charge is -2.00. The van der Waals surface area contributed by atoms with Crippen LogP contribution in [0.3, 0.4) is 0 Å². The molecule has 1 aliphatic heterocycles. The lowest BCUT2D eigenvalue weighted by molar-refractivity contribution is 0.513. The summed E-state index contributed by atoms with van der Waals surface area (Å²) < 4.78 is 5.55. The van der Waals surface area contributed by atoms with Crippen molar-refractivity contribution >= 4 is 0 Å². The molecule has 0 N–H and O–H groups in total. The highest BCUT2D eigenvalue weighted by Crippen LogP contribution is 2.23.